The number of nitrogens with zero attached hydrogens (tertiary/aromatic N) is 4. The second kappa shape index (κ2) is 9.86. The number of rotatable bonds is 5. The van der Waals surface area contributed by atoms with E-state index in [1.807, 2.05) is 39.0 Å². The number of aromatic nitrogens is 2. The van der Waals surface area contributed by atoms with Gasteiger partial charge in [-0.3, -0.25) is 9.96 Å². The Morgan fingerprint density at radius 3 is 2.47 bits per heavy atom. The fourth-order valence-corrected chi connectivity index (χ4v) is 5.66. The van der Waals surface area contributed by atoms with E-state index in [9.17, 15) is 9.60 Å². The standard InChI is InChI=1S/C28H35FN6O/c1-5-34-13-11-22(12-14-34)31-28-32-25(23-10-9-21(29)15-20(23)4)24-16-30-17-35(36,27(24)33-28)26-18(2)7-6-8-19(26)3/h6-10,15,22,30H,5,11-14,16-17H2,1-4H3,(H,31,32,33). The molecule has 1 aromatic heterocycles. The van der Waals surface area contributed by atoms with Crippen molar-refractivity contribution < 1.29 is 4.39 Å². The summed E-state index contributed by atoms with van der Waals surface area (Å²) in [5, 5.41) is 21.6. The molecule has 0 aliphatic carbocycles. The number of quaternary nitrogens is 1. The molecule has 190 valence electrons. The highest BCUT2D eigenvalue weighted by Gasteiger charge is 2.37. The molecule has 3 heterocycles. The Morgan fingerprint density at radius 1 is 1.08 bits per heavy atom. The van der Waals surface area contributed by atoms with E-state index in [2.05, 4.69) is 22.5 Å². The maximum Gasteiger partial charge on any atom is 0.243 e. The van der Waals surface area contributed by atoms with Gasteiger partial charge >= 0.3 is 0 Å². The number of aryl methyl sites for hydroxylation is 3. The number of halogens is 1. The molecule has 1 atom stereocenters. The molecule has 1 saturated heterocycles. The van der Waals surface area contributed by atoms with Gasteiger partial charge in [0.05, 0.1) is 11.3 Å². The van der Waals surface area contributed by atoms with Crippen molar-refractivity contribution in [3.05, 3.63) is 69.7 Å². The number of likely N-dealkylation sites (tertiary alicyclic amines) is 1. The first-order chi connectivity index (χ1) is 17.3. The van der Waals surface area contributed by atoms with E-state index >= 15 is 0 Å². The molecule has 0 spiro atoms. The molecule has 36 heavy (non-hydrogen) atoms. The predicted molar refractivity (Wildman–Crippen MR) is 143 cm³/mol. The maximum absolute atomic E-state index is 14.7. The lowest BCUT2D eigenvalue weighted by Crippen LogP contribution is -2.51. The molecule has 2 aliphatic rings. The van der Waals surface area contributed by atoms with Gasteiger partial charge in [-0.1, -0.05) is 25.1 Å². The van der Waals surface area contributed by atoms with E-state index in [0.717, 1.165) is 60.3 Å². The van der Waals surface area contributed by atoms with Gasteiger partial charge in [-0.2, -0.15) is 4.98 Å². The smallest absolute Gasteiger partial charge is 0.243 e. The molecule has 1 fully saturated rings. The normalized spacial score (nSPS) is 20.8. The lowest BCUT2D eigenvalue weighted by atomic mass is 9.99. The maximum atomic E-state index is 14.7. The summed E-state index contributed by atoms with van der Waals surface area (Å²) in [7, 11) is 0. The number of hydrogen-bond donors (Lipinski definition) is 2. The highest BCUT2D eigenvalue weighted by Crippen LogP contribution is 2.43. The zero-order chi connectivity index (χ0) is 25.4. The summed E-state index contributed by atoms with van der Waals surface area (Å²) in [5.74, 6) is 0.630. The SMILES string of the molecule is CCN1CCC(Nc2nc(-c3ccc(F)cc3C)c3c(n2)[N+]([O-])(c2c(C)cccc2C)CNC3)CC1. The van der Waals surface area contributed by atoms with Crippen LogP contribution >= 0.6 is 0 Å². The van der Waals surface area contributed by atoms with Gasteiger partial charge in [0.15, 0.2) is 0 Å². The highest BCUT2D eigenvalue weighted by atomic mass is 19.1. The van der Waals surface area contributed by atoms with Crippen molar-refractivity contribution in [3.8, 4) is 11.3 Å². The topological polar surface area (TPSA) is 76.1 Å². The van der Waals surface area contributed by atoms with Crippen molar-refractivity contribution >= 4 is 17.5 Å². The minimum atomic E-state index is -0.702. The Bertz CT molecular complexity index is 1250. The first-order valence-electron chi connectivity index (χ1n) is 12.8. The van der Waals surface area contributed by atoms with Gasteiger partial charge in [0, 0.05) is 42.4 Å². The Labute approximate surface area is 212 Å². The number of fused-ring (bicyclic) bond motifs is 1. The zero-order valence-corrected chi connectivity index (χ0v) is 21.6. The minimum Gasteiger partial charge on any atom is -0.620 e. The van der Waals surface area contributed by atoms with Gasteiger partial charge in [-0.25, -0.2) is 9.37 Å². The molecule has 0 bridgehead atoms. The largest absolute Gasteiger partial charge is 0.620 e. The second-order valence-electron chi connectivity index (χ2n) is 10.1. The van der Waals surface area contributed by atoms with Crippen molar-refractivity contribution in [2.75, 3.05) is 31.6 Å². The Balaban J connectivity index is 1.66. The Morgan fingerprint density at radius 2 is 1.81 bits per heavy atom. The third kappa shape index (κ3) is 4.50. The summed E-state index contributed by atoms with van der Waals surface area (Å²) in [4.78, 5) is 12.3. The van der Waals surface area contributed by atoms with Crippen LogP contribution in [-0.4, -0.2) is 47.2 Å². The molecule has 2 aromatic carbocycles. The van der Waals surface area contributed by atoms with Crippen LogP contribution in [0.1, 0.15) is 42.0 Å². The van der Waals surface area contributed by atoms with Gasteiger partial charge in [0.25, 0.3) is 0 Å². The number of nitrogens with one attached hydrogen (secondary N) is 2. The van der Waals surface area contributed by atoms with E-state index < -0.39 is 4.65 Å². The molecule has 5 rings (SSSR count). The van der Waals surface area contributed by atoms with Crippen molar-refractivity contribution in [2.24, 2.45) is 0 Å². The number of hydroxylamine groups is 1. The van der Waals surface area contributed by atoms with Gasteiger partial charge in [-0.05, 0) is 63.9 Å². The zero-order valence-electron chi connectivity index (χ0n) is 21.6. The number of hydrogen-bond acceptors (Lipinski definition) is 6. The molecule has 7 nitrogen and oxygen atoms in total. The summed E-state index contributed by atoms with van der Waals surface area (Å²) in [6, 6.07) is 10.9. The molecule has 8 heteroatoms. The van der Waals surface area contributed by atoms with Crippen LogP contribution in [0.15, 0.2) is 36.4 Å². The molecule has 3 aromatic rings. The average Bonchev–Trinajstić information content (AvgIpc) is 2.85. The molecular weight excluding hydrogens is 455 g/mol. The molecule has 0 amide bonds. The lowest BCUT2D eigenvalue weighted by molar-refractivity contribution is 0.229. The first-order valence-corrected chi connectivity index (χ1v) is 12.8. The van der Waals surface area contributed by atoms with Crippen molar-refractivity contribution in [1.29, 1.82) is 0 Å². The number of piperidine rings is 1. The van der Waals surface area contributed by atoms with Crippen LogP contribution in [0.3, 0.4) is 0 Å². The Hall–Kier alpha value is -2.91. The summed E-state index contributed by atoms with van der Waals surface area (Å²) >= 11 is 0. The summed E-state index contributed by atoms with van der Waals surface area (Å²) in [6.45, 7) is 11.8. The Kier molecular flexibility index (Phi) is 6.78. The van der Waals surface area contributed by atoms with E-state index in [1.165, 1.54) is 12.1 Å². The van der Waals surface area contributed by atoms with Crippen LogP contribution < -0.4 is 15.3 Å². The molecule has 0 radical (unpaired) electrons. The van der Waals surface area contributed by atoms with Crippen LogP contribution in [0.25, 0.3) is 11.3 Å². The summed E-state index contributed by atoms with van der Waals surface area (Å²) < 4.78 is 13.3. The molecule has 2 aliphatic heterocycles. The van der Waals surface area contributed by atoms with Gasteiger partial charge in [-0.15, -0.1) is 0 Å². The third-order valence-electron chi connectivity index (χ3n) is 7.58. The lowest BCUT2D eigenvalue weighted by Gasteiger charge is -2.45. The first kappa shape index (κ1) is 24.8. The van der Waals surface area contributed by atoms with Gasteiger partial charge < -0.3 is 15.4 Å². The monoisotopic (exact) mass is 490 g/mol. The molecular formula is C28H35FN6O. The van der Waals surface area contributed by atoms with Crippen molar-refractivity contribution in [1.82, 2.24) is 24.8 Å². The molecule has 2 N–H and O–H groups in total. The molecule has 0 saturated carbocycles. The van der Waals surface area contributed by atoms with Gasteiger partial charge in [0.1, 0.15) is 18.2 Å². The van der Waals surface area contributed by atoms with E-state index in [-0.39, 0.29) is 18.5 Å². The van der Waals surface area contributed by atoms with E-state index in [4.69, 9.17) is 9.97 Å². The fourth-order valence-electron chi connectivity index (χ4n) is 5.66. The summed E-state index contributed by atoms with van der Waals surface area (Å²) in [5.41, 5.74) is 5.60. The number of para-hydroxylation sites is 1. The van der Waals surface area contributed by atoms with Crippen LogP contribution in [0, 0.1) is 31.8 Å². The van der Waals surface area contributed by atoms with Crippen LogP contribution in [0.2, 0.25) is 0 Å². The molecule has 1 unspecified atom stereocenters. The van der Waals surface area contributed by atoms with Crippen molar-refractivity contribution in [3.63, 3.8) is 0 Å². The van der Waals surface area contributed by atoms with Crippen LogP contribution in [0.5, 0.6) is 0 Å². The van der Waals surface area contributed by atoms with Gasteiger partial charge in [0.2, 0.25) is 11.8 Å². The fraction of sp³-hybridized carbons (Fsp3) is 0.429. The highest BCUT2D eigenvalue weighted by molar-refractivity contribution is 5.76. The van der Waals surface area contributed by atoms with Crippen LogP contribution in [-0.2, 0) is 6.54 Å². The van der Waals surface area contributed by atoms with Crippen molar-refractivity contribution in [2.45, 2.75) is 53.1 Å². The number of benzene rings is 2. The number of anilines is 1. The van der Waals surface area contributed by atoms with E-state index in [0.29, 0.717) is 29.7 Å². The quantitative estimate of drug-likeness (QED) is 0.373. The summed E-state index contributed by atoms with van der Waals surface area (Å²) in [6.07, 6.45) is 1.99. The van der Waals surface area contributed by atoms with E-state index in [1.54, 1.807) is 6.07 Å². The average molecular weight is 491 g/mol. The predicted octanol–water partition coefficient (Wildman–Crippen LogP) is 5.30. The third-order valence-corrected chi connectivity index (χ3v) is 7.58. The van der Waals surface area contributed by atoms with Crippen LogP contribution in [0.4, 0.5) is 21.8 Å². The minimum absolute atomic E-state index is 0.186. The second-order valence-corrected chi connectivity index (χ2v) is 10.1.